The van der Waals surface area contributed by atoms with Gasteiger partial charge in [-0.15, -0.1) is 0 Å². The first-order valence-corrected chi connectivity index (χ1v) is 12.0. The van der Waals surface area contributed by atoms with Crippen LogP contribution in [0.1, 0.15) is 52.4 Å². The fourth-order valence-electron chi connectivity index (χ4n) is 5.09. The van der Waals surface area contributed by atoms with Gasteiger partial charge in [0.15, 0.2) is 5.82 Å². The molecule has 3 N–H and O–H groups in total. The first kappa shape index (κ1) is 23.4. The van der Waals surface area contributed by atoms with E-state index in [1.807, 2.05) is 18.4 Å². The van der Waals surface area contributed by atoms with Crippen LogP contribution in [0.4, 0.5) is 10.3 Å². The van der Waals surface area contributed by atoms with Crippen LogP contribution in [0.15, 0.2) is 18.3 Å². The lowest BCUT2D eigenvalue weighted by molar-refractivity contribution is -0.141. The molecule has 8 nitrogen and oxygen atoms in total. The van der Waals surface area contributed by atoms with E-state index in [0.29, 0.717) is 35.2 Å². The van der Waals surface area contributed by atoms with Gasteiger partial charge >= 0.3 is 0 Å². The van der Waals surface area contributed by atoms with Crippen LogP contribution < -0.4 is 5.32 Å². The Bertz CT molecular complexity index is 1230. The van der Waals surface area contributed by atoms with Crippen molar-refractivity contribution in [1.82, 2.24) is 19.5 Å². The molecule has 2 bridgehead atoms. The fraction of sp³-hybridized carbons (Fsp3) is 0.542. The summed E-state index contributed by atoms with van der Waals surface area (Å²) in [7, 11) is 0. The third-order valence-corrected chi connectivity index (χ3v) is 7.01. The molecule has 182 valence electrons. The molecule has 4 atom stereocenters. The van der Waals surface area contributed by atoms with E-state index in [2.05, 4.69) is 20.3 Å². The van der Waals surface area contributed by atoms with Crippen molar-refractivity contribution in [2.24, 2.45) is 5.92 Å². The van der Waals surface area contributed by atoms with E-state index in [1.54, 1.807) is 19.9 Å². The predicted molar refractivity (Wildman–Crippen MR) is 127 cm³/mol. The minimum absolute atomic E-state index is 0.0652. The molecule has 3 aliphatic rings. The Morgan fingerprint density at radius 1 is 1.26 bits per heavy atom. The molecule has 1 aromatic carbocycles. The first-order chi connectivity index (χ1) is 16.0. The van der Waals surface area contributed by atoms with Crippen molar-refractivity contribution in [1.29, 1.82) is 0 Å². The van der Waals surface area contributed by atoms with Crippen LogP contribution in [-0.4, -0.2) is 54.6 Å². The number of hydrogen-bond acceptors (Lipinski definition) is 7. The molecule has 3 fully saturated rings. The monoisotopic (exact) mass is 489 g/mol. The molecule has 1 saturated carbocycles. The van der Waals surface area contributed by atoms with E-state index >= 15 is 4.39 Å². The largest absolute Gasteiger partial charge is 0.388 e. The van der Waals surface area contributed by atoms with Gasteiger partial charge in [0.2, 0.25) is 5.95 Å². The Morgan fingerprint density at radius 2 is 2.03 bits per heavy atom. The zero-order chi connectivity index (χ0) is 24.4. The molecule has 6 rings (SSSR count). The third kappa shape index (κ3) is 3.94. The number of anilines is 1. The molecular formula is C24H29ClFN5O3. The molecule has 3 aromatic rings. The topological polar surface area (TPSA) is 105 Å². The summed E-state index contributed by atoms with van der Waals surface area (Å²) in [4.78, 5) is 13.3. The lowest BCUT2D eigenvalue weighted by Crippen LogP contribution is -2.57. The maximum atomic E-state index is 15.2. The summed E-state index contributed by atoms with van der Waals surface area (Å²) < 4.78 is 22.7. The minimum atomic E-state index is -1.25. The van der Waals surface area contributed by atoms with Crippen LogP contribution in [0.3, 0.4) is 0 Å². The molecule has 1 aliphatic carbocycles. The Morgan fingerprint density at radius 3 is 2.65 bits per heavy atom. The highest BCUT2D eigenvalue weighted by Crippen LogP contribution is 2.37. The van der Waals surface area contributed by atoms with Gasteiger partial charge in [0, 0.05) is 17.5 Å². The Balaban J connectivity index is 1.56. The number of nitrogens with zero attached hydrogens (tertiary/aromatic N) is 4. The van der Waals surface area contributed by atoms with E-state index in [0.717, 1.165) is 12.8 Å². The van der Waals surface area contributed by atoms with Gasteiger partial charge < -0.3 is 24.8 Å². The van der Waals surface area contributed by atoms with Crippen molar-refractivity contribution in [3.05, 3.63) is 35.0 Å². The van der Waals surface area contributed by atoms with Crippen LogP contribution >= 0.6 is 11.6 Å². The minimum Gasteiger partial charge on any atom is -0.388 e. The molecule has 4 heterocycles. The number of nitrogens with one attached hydrogen (secondary N) is 1. The van der Waals surface area contributed by atoms with Crippen LogP contribution in [0.2, 0.25) is 5.02 Å². The Hall–Kier alpha value is -2.33. The van der Waals surface area contributed by atoms with Gasteiger partial charge in [-0.25, -0.2) is 19.3 Å². The lowest BCUT2D eigenvalue weighted by atomic mass is 9.78. The second-order valence-corrected chi connectivity index (χ2v) is 10.5. The van der Waals surface area contributed by atoms with E-state index in [1.165, 1.54) is 12.3 Å². The van der Waals surface area contributed by atoms with Crippen molar-refractivity contribution < 1.29 is 19.3 Å². The molecule has 0 radical (unpaired) electrons. The highest BCUT2D eigenvalue weighted by atomic mass is 35.5. The van der Waals surface area contributed by atoms with Gasteiger partial charge in [-0.05, 0) is 52.7 Å². The maximum absolute atomic E-state index is 15.2. The second kappa shape index (κ2) is 8.41. The maximum Gasteiger partial charge on any atom is 0.223 e. The molecule has 34 heavy (non-hydrogen) atoms. The average molecular weight is 490 g/mol. The third-order valence-electron chi connectivity index (χ3n) is 6.73. The van der Waals surface area contributed by atoms with Crippen LogP contribution in [0, 0.1) is 11.7 Å². The van der Waals surface area contributed by atoms with Crippen molar-refractivity contribution in [2.45, 2.75) is 70.4 Å². The zero-order valence-corrected chi connectivity index (χ0v) is 20.3. The van der Waals surface area contributed by atoms with Crippen molar-refractivity contribution in [3.63, 3.8) is 0 Å². The number of benzene rings is 1. The average Bonchev–Trinajstić information content (AvgIpc) is 3.19. The number of aliphatic hydroxyl groups is 2. The zero-order valence-electron chi connectivity index (χ0n) is 19.6. The number of aliphatic hydroxyl groups excluding tert-OH is 1. The molecule has 0 spiro atoms. The van der Waals surface area contributed by atoms with Gasteiger partial charge in [0.05, 0.1) is 41.2 Å². The van der Waals surface area contributed by atoms with Crippen LogP contribution in [0.25, 0.3) is 22.3 Å². The number of ether oxygens (including phenoxy) is 1. The molecule has 2 saturated heterocycles. The van der Waals surface area contributed by atoms with E-state index < -0.39 is 17.5 Å². The summed E-state index contributed by atoms with van der Waals surface area (Å²) in [5, 5.41) is 24.8. The van der Waals surface area contributed by atoms with E-state index in [4.69, 9.17) is 16.3 Å². The number of hydrogen-bond donors (Lipinski definition) is 3. The highest BCUT2D eigenvalue weighted by molar-refractivity contribution is 6.33. The summed E-state index contributed by atoms with van der Waals surface area (Å²) >= 11 is 6.44. The standard InChI is InChI=1S/C24H29ClFN5O3/c1-11(2)31-16-8-13(7-15(26)20(16)28-22(31)24(3,4)33)18-14(25)9-27-23(29-18)30-19-12-5-6-17(21(19)32)34-10-12/h7-9,11-12,17,19,21,32-33H,5-6,10H2,1-4H3,(H,27,29,30)/t12?,17?,19-,21-/m1/s1. The number of rotatable bonds is 5. The lowest BCUT2D eigenvalue weighted by Gasteiger charge is -2.46. The van der Waals surface area contributed by atoms with Gasteiger partial charge in [-0.2, -0.15) is 0 Å². The second-order valence-electron chi connectivity index (χ2n) is 10.0. The van der Waals surface area contributed by atoms with Gasteiger partial charge in [-0.3, -0.25) is 0 Å². The van der Waals surface area contributed by atoms with E-state index in [-0.39, 0.29) is 34.6 Å². The summed E-state index contributed by atoms with van der Waals surface area (Å²) in [5.74, 6) is 0.329. The molecular weight excluding hydrogens is 461 g/mol. The van der Waals surface area contributed by atoms with Gasteiger partial charge in [0.25, 0.3) is 0 Å². The van der Waals surface area contributed by atoms with Crippen LogP contribution in [0.5, 0.6) is 0 Å². The first-order valence-electron chi connectivity index (χ1n) is 11.6. The van der Waals surface area contributed by atoms with Crippen molar-refractivity contribution in [3.8, 4) is 11.3 Å². The number of aromatic nitrogens is 4. The molecule has 2 unspecified atom stereocenters. The molecule has 0 amide bonds. The number of halogens is 2. The smallest absolute Gasteiger partial charge is 0.223 e. The quantitative estimate of drug-likeness (QED) is 0.496. The van der Waals surface area contributed by atoms with Crippen molar-refractivity contribution in [2.75, 3.05) is 11.9 Å². The summed E-state index contributed by atoms with van der Waals surface area (Å²) in [6.45, 7) is 7.75. The summed E-state index contributed by atoms with van der Waals surface area (Å²) in [6.07, 6.45) is 2.44. The Labute approximate surface area is 202 Å². The van der Waals surface area contributed by atoms with E-state index in [9.17, 15) is 10.2 Å². The highest BCUT2D eigenvalue weighted by Gasteiger charge is 2.44. The van der Waals surface area contributed by atoms with Gasteiger partial charge in [-0.1, -0.05) is 11.6 Å². The fourth-order valence-corrected chi connectivity index (χ4v) is 5.29. The number of imidazole rings is 1. The Kier molecular flexibility index (Phi) is 5.79. The molecule has 2 aliphatic heterocycles. The molecule has 2 aromatic heterocycles. The normalized spacial score (nSPS) is 24.9. The van der Waals surface area contributed by atoms with Crippen LogP contribution in [-0.2, 0) is 10.3 Å². The number of fused-ring (bicyclic) bond motifs is 4. The predicted octanol–water partition coefficient (Wildman–Crippen LogP) is 4.04. The molecule has 10 heteroatoms. The summed E-state index contributed by atoms with van der Waals surface area (Å²) in [6, 6.07) is 2.84. The summed E-state index contributed by atoms with van der Waals surface area (Å²) in [5.41, 5.74) is 0.318. The van der Waals surface area contributed by atoms with Crippen molar-refractivity contribution >= 4 is 28.6 Å². The SMILES string of the molecule is CC(C)n1c(C(C)(C)O)nc2c(F)cc(-c3nc(N[C@@H]4C5CCC(OC5)[C@H]4O)ncc3Cl)cc21. The van der Waals surface area contributed by atoms with Gasteiger partial charge in [0.1, 0.15) is 23.0 Å².